The predicted octanol–water partition coefficient (Wildman–Crippen LogP) is 4.39. The summed E-state index contributed by atoms with van der Waals surface area (Å²) in [6.45, 7) is 4.85. The number of aromatic nitrogens is 2. The van der Waals surface area contributed by atoms with E-state index in [4.69, 9.17) is 12.2 Å². The summed E-state index contributed by atoms with van der Waals surface area (Å²) in [5.74, 6) is 0.947. The lowest BCUT2D eigenvalue weighted by Crippen LogP contribution is -2.46. The number of benzene rings is 3. The van der Waals surface area contributed by atoms with Gasteiger partial charge in [-0.05, 0) is 54.7 Å². The topological polar surface area (TPSA) is 69.8 Å². The zero-order valence-electron chi connectivity index (χ0n) is 24.2. The highest BCUT2D eigenvalue weighted by atomic mass is 32.1. The maximum absolute atomic E-state index is 13.8. The van der Waals surface area contributed by atoms with Crippen molar-refractivity contribution in [3.63, 3.8) is 0 Å². The van der Waals surface area contributed by atoms with E-state index in [1.165, 1.54) is 11.1 Å². The Morgan fingerprint density at radius 3 is 2.14 bits per heavy atom. The number of hydrogen-bond acceptors (Lipinski definition) is 5. The van der Waals surface area contributed by atoms with E-state index in [0.717, 1.165) is 74.1 Å². The van der Waals surface area contributed by atoms with Crippen molar-refractivity contribution in [3.8, 4) is 0 Å². The fourth-order valence-corrected chi connectivity index (χ4v) is 6.45. The standard InChI is InChI=1S/C33H39N7OS/c1-37-24-20-35-31(37)34-19-10-21-39-28-15-8-9-16-29(28)40(33(39)41)27-17-22-38(23-18-27)32(42)36-30(25-11-4-2-5-12-25)26-13-6-3-7-14-26/h2-9,11-16,27,30H,10,17-24H2,1H3,(H,34,35)(H,36,42). The number of aryl methyl sites for hydroxylation is 1. The molecular weight excluding hydrogens is 542 g/mol. The molecule has 8 nitrogen and oxygen atoms in total. The van der Waals surface area contributed by atoms with E-state index in [1.54, 1.807) is 0 Å². The van der Waals surface area contributed by atoms with Crippen molar-refractivity contribution >= 4 is 34.3 Å². The van der Waals surface area contributed by atoms with Crippen molar-refractivity contribution < 1.29 is 0 Å². The number of likely N-dealkylation sites (tertiary alicyclic amines) is 1. The van der Waals surface area contributed by atoms with Crippen molar-refractivity contribution in [2.45, 2.75) is 37.9 Å². The summed E-state index contributed by atoms with van der Waals surface area (Å²) in [4.78, 5) is 22.7. The van der Waals surface area contributed by atoms with Gasteiger partial charge in [-0.1, -0.05) is 72.8 Å². The molecule has 2 N–H and O–H groups in total. The minimum Gasteiger partial charge on any atom is -0.356 e. The number of likely N-dealkylation sites (N-methyl/N-ethyl adjacent to an activating group) is 1. The number of nitrogens with zero attached hydrogens (tertiary/aromatic N) is 5. The maximum atomic E-state index is 13.8. The van der Waals surface area contributed by atoms with E-state index in [2.05, 4.69) is 93.1 Å². The molecule has 0 unspecified atom stereocenters. The molecule has 0 spiro atoms. The van der Waals surface area contributed by atoms with E-state index in [0.29, 0.717) is 6.54 Å². The first-order chi connectivity index (χ1) is 20.6. The molecule has 4 aromatic rings. The summed E-state index contributed by atoms with van der Waals surface area (Å²) < 4.78 is 3.97. The first kappa shape index (κ1) is 28.0. The van der Waals surface area contributed by atoms with Crippen LogP contribution in [0.1, 0.15) is 42.5 Å². The van der Waals surface area contributed by atoms with Crippen molar-refractivity contribution in [1.82, 2.24) is 29.6 Å². The summed E-state index contributed by atoms with van der Waals surface area (Å²) in [5.41, 5.74) is 4.46. The van der Waals surface area contributed by atoms with Crippen molar-refractivity contribution in [3.05, 3.63) is 107 Å². The number of imidazole rings is 1. The van der Waals surface area contributed by atoms with Gasteiger partial charge < -0.3 is 20.4 Å². The molecular formula is C33H39N7OS. The average Bonchev–Trinajstić information content (AvgIpc) is 3.57. The third-order valence-corrected chi connectivity index (χ3v) is 8.80. The van der Waals surface area contributed by atoms with Crippen LogP contribution in [-0.4, -0.2) is 69.8 Å². The van der Waals surface area contributed by atoms with Crippen LogP contribution in [0.2, 0.25) is 0 Å². The SMILES string of the molecule is CN1CCN=C1NCCCn1c(=O)n(C2CCN(C(=S)NC(c3ccccc3)c3ccccc3)CC2)c2ccccc21. The molecule has 0 aliphatic carbocycles. The summed E-state index contributed by atoms with van der Waals surface area (Å²) in [6, 6.07) is 29.2. The van der Waals surface area contributed by atoms with Gasteiger partial charge >= 0.3 is 5.69 Å². The maximum Gasteiger partial charge on any atom is 0.329 e. The Morgan fingerprint density at radius 1 is 0.905 bits per heavy atom. The molecule has 0 saturated carbocycles. The fourth-order valence-electron chi connectivity index (χ4n) is 6.15. The lowest BCUT2D eigenvalue weighted by Gasteiger charge is -2.35. The Balaban J connectivity index is 1.12. The van der Waals surface area contributed by atoms with Gasteiger partial charge in [0.1, 0.15) is 0 Å². The van der Waals surface area contributed by atoms with Gasteiger partial charge in [-0.3, -0.25) is 14.1 Å². The fraction of sp³-hybridized carbons (Fsp3) is 0.364. The number of aliphatic imine (C=N–C) groups is 1. The second kappa shape index (κ2) is 12.8. The van der Waals surface area contributed by atoms with E-state index < -0.39 is 0 Å². The molecule has 3 heterocycles. The normalized spacial score (nSPS) is 15.8. The van der Waals surface area contributed by atoms with Crippen LogP contribution in [0.5, 0.6) is 0 Å². The van der Waals surface area contributed by atoms with Crippen LogP contribution >= 0.6 is 12.2 Å². The van der Waals surface area contributed by atoms with Gasteiger partial charge in [0.05, 0.1) is 23.6 Å². The van der Waals surface area contributed by atoms with Crippen LogP contribution < -0.4 is 16.3 Å². The number of guanidine groups is 1. The highest BCUT2D eigenvalue weighted by molar-refractivity contribution is 7.80. The third kappa shape index (κ3) is 5.92. The molecule has 9 heteroatoms. The molecule has 0 radical (unpaired) electrons. The number of piperidine rings is 1. The largest absolute Gasteiger partial charge is 0.356 e. The molecule has 1 aromatic heterocycles. The summed E-state index contributed by atoms with van der Waals surface area (Å²) >= 11 is 5.94. The quantitative estimate of drug-likeness (QED) is 0.238. The number of para-hydroxylation sites is 2. The molecule has 2 aliphatic rings. The Hall–Kier alpha value is -4.11. The van der Waals surface area contributed by atoms with Crippen LogP contribution in [0.3, 0.4) is 0 Å². The lowest BCUT2D eigenvalue weighted by molar-refractivity contribution is 0.262. The Kier molecular flexibility index (Phi) is 8.55. The van der Waals surface area contributed by atoms with Gasteiger partial charge in [0, 0.05) is 45.8 Å². The molecule has 2 aliphatic heterocycles. The highest BCUT2D eigenvalue weighted by Gasteiger charge is 2.27. The van der Waals surface area contributed by atoms with Gasteiger partial charge in [-0.15, -0.1) is 0 Å². The van der Waals surface area contributed by atoms with Crippen LogP contribution in [0.4, 0.5) is 0 Å². The van der Waals surface area contributed by atoms with E-state index in [1.807, 2.05) is 33.4 Å². The summed E-state index contributed by atoms with van der Waals surface area (Å²) in [5, 5.41) is 7.81. The number of nitrogens with one attached hydrogen (secondary N) is 2. The lowest BCUT2D eigenvalue weighted by atomic mass is 9.99. The van der Waals surface area contributed by atoms with Crippen LogP contribution in [0.15, 0.2) is 94.7 Å². The zero-order valence-corrected chi connectivity index (χ0v) is 25.0. The van der Waals surface area contributed by atoms with Crippen LogP contribution in [-0.2, 0) is 6.54 Å². The molecule has 3 aromatic carbocycles. The first-order valence-electron chi connectivity index (χ1n) is 14.9. The predicted molar refractivity (Wildman–Crippen MR) is 174 cm³/mol. The average molecular weight is 582 g/mol. The van der Waals surface area contributed by atoms with Crippen molar-refractivity contribution in [2.24, 2.45) is 4.99 Å². The molecule has 1 saturated heterocycles. The summed E-state index contributed by atoms with van der Waals surface area (Å²) in [7, 11) is 2.05. The molecule has 218 valence electrons. The first-order valence-corrected chi connectivity index (χ1v) is 15.4. The molecule has 0 atom stereocenters. The van der Waals surface area contributed by atoms with Gasteiger partial charge in [0.25, 0.3) is 0 Å². The Bertz CT molecular complexity index is 1550. The monoisotopic (exact) mass is 581 g/mol. The molecule has 0 amide bonds. The van der Waals surface area contributed by atoms with Gasteiger partial charge in [-0.2, -0.15) is 0 Å². The minimum atomic E-state index is -0.0196. The van der Waals surface area contributed by atoms with Crippen LogP contribution in [0, 0.1) is 0 Å². The van der Waals surface area contributed by atoms with E-state index in [9.17, 15) is 4.79 Å². The third-order valence-electron chi connectivity index (χ3n) is 8.42. The van der Waals surface area contributed by atoms with Gasteiger partial charge in [0.15, 0.2) is 11.1 Å². The van der Waals surface area contributed by atoms with Gasteiger partial charge in [0.2, 0.25) is 0 Å². The number of rotatable bonds is 8. The van der Waals surface area contributed by atoms with Crippen molar-refractivity contribution in [2.75, 3.05) is 39.8 Å². The molecule has 6 rings (SSSR count). The number of hydrogen-bond donors (Lipinski definition) is 2. The molecule has 42 heavy (non-hydrogen) atoms. The second-order valence-corrected chi connectivity index (χ2v) is 11.5. The van der Waals surface area contributed by atoms with Crippen molar-refractivity contribution in [1.29, 1.82) is 0 Å². The number of fused-ring (bicyclic) bond motifs is 1. The highest BCUT2D eigenvalue weighted by Crippen LogP contribution is 2.27. The summed E-state index contributed by atoms with van der Waals surface area (Å²) in [6.07, 6.45) is 2.58. The second-order valence-electron chi connectivity index (χ2n) is 11.1. The minimum absolute atomic E-state index is 0.0196. The molecule has 1 fully saturated rings. The molecule has 0 bridgehead atoms. The number of thiocarbonyl (C=S) groups is 1. The zero-order chi connectivity index (χ0) is 28.9. The van der Waals surface area contributed by atoms with Gasteiger partial charge in [-0.25, -0.2) is 4.79 Å². The Morgan fingerprint density at radius 2 is 1.52 bits per heavy atom. The smallest absolute Gasteiger partial charge is 0.329 e. The van der Waals surface area contributed by atoms with E-state index >= 15 is 0 Å². The van der Waals surface area contributed by atoms with E-state index in [-0.39, 0.29) is 17.8 Å². The van der Waals surface area contributed by atoms with Crippen LogP contribution in [0.25, 0.3) is 11.0 Å². The Labute approximate surface area is 252 Å².